The number of rotatable bonds is 5. The molecule has 28 heavy (non-hydrogen) atoms. The lowest BCUT2D eigenvalue weighted by molar-refractivity contribution is 0.302. The van der Waals surface area contributed by atoms with E-state index in [1.165, 1.54) is 6.07 Å². The fourth-order valence-corrected chi connectivity index (χ4v) is 4.90. The number of halogens is 4. The van der Waals surface area contributed by atoms with Crippen LogP contribution in [0.25, 0.3) is 11.6 Å². The van der Waals surface area contributed by atoms with E-state index in [2.05, 4.69) is 51.3 Å². The largest absolute Gasteiger partial charge is 0.487 e. The van der Waals surface area contributed by atoms with E-state index in [0.717, 1.165) is 24.0 Å². The predicted molar refractivity (Wildman–Crippen MR) is 128 cm³/mol. The van der Waals surface area contributed by atoms with Gasteiger partial charge in [0.25, 0.3) is 0 Å². The number of hydrogen-bond acceptors (Lipinski definition) is 2. The molecule has 0 radical (unpaired) electrons. The third-order valence-corrected chi connectivity index (χ3v) is 5.92. The first kappa shape index (κ1) is 21.1. The lowest BCUT2D eigenvalue weighted by atomic mass is 10.0. The number of nitriles is 1. The maximum absolute atomic E-state index is 14.0. The van der Waals surface area contributed by atoms with Gasteiger partial charge in [-0.15, -0.1) is 0 Å². The molecule has 0 N–H and O–H groups in total. The van der Waals surface area contributed by atoms with Crippen molar-refractivity contribution in [2.24, 2.45) is 0 Å². The molecule has 0 fully saturated rings. The van der Waals surface area contributed by atoms with Crippen molar-refractivity contribution in [1.29, 1.82) is 5.26 Å². The van der Waals surface area contributed by atoms with Crippen LogP contribution in [-0.2, 0) is 6.61 Å². The molecular formula is C22H13ClFI2NO. The smallest absolute Gasteiger partial charge is 0.146 e. The summed E-state index contributed by atoms with van der Waals surface area (Å²) in [5.41, 5.74) is 2.27. The third kappa shape index (κ3) is 5.04. The highest BCUT2D eigenvalue weighted by Crippen LogP contribution is 2.32. The molecular weight excluding hydrogens is 603 g/mol. The first-order valence-corrected chi connectivity index (χ1v) is 10.7. The molecule has 0 aliphatic heterocycles. The SMILES string of the molecule is N#C/C(=C/c1cc(I)c(OCc2ccccc2Cl)c(I)c1)c1ccccc1F. The molecule has 0 unspecified atom stereocenters. The summed E-state index contributed by atoms with van der Waals surface area (Å²) in [4.78, 5) is 0. The van der Waals surface area contributed by atoms with E-state index in [-0.39, 0.29) is 11.1 Å². The maximum atomic E-state index is 14.0. The van der Waals surface area contributed by atoms with Gasteiger partial charge in [0.15, 0.2) is 0 Å². The zero-order chi connectivity index (χ0) is 20.1. The second kappa shape index (κ2) is 9.72. The summed E-state index contributed by atoms with van der Waals surface area (Å²) >= 11 is 10.6. The van der Waals surface area contributed by atoms with Gasteiger partial charge in [0.1, 0.15) is 18.2 Å². The molecule has 0 bridgehead atoms. The molecule has 0 aromatic heterocycles. The summed E-state index contributed by atoms with van der Waals surface area (Å²) < 4.78 is 21.8. The Morgan fingerprint density at radius 2 is 1.71 bits per heavy atom. The zero-order valence-electron chi connectivity index (χ0n) is 14.4. The van der Waals surface area contributed by atoms with Crippen molar-refractivity contribution >= 4 is 68.4 Å². The minimum Gasteiger partial charge on any atom is -0.487 e. The summed E-state index contributed by atoms with van der Waals surface area (Å²) in [6, 6.07) is 19.7. The summed E-state index contributed by atoms with van der Waals surface area (Å²) in [5.74, 6) is 0.335. The van der Waals surface area contributed by atoms with Gasteiger partial charge in [0.05, 0.1) is 18.8 Å². The van der Waals surface area contributed by atoms with Gasteiger partial charge in [-0.2, -0.15) is 5.26 Å². The van der Waals surface area contributed by atoms with Crippen LogP contribution in [0.5, 0.6) is 5.75 Å². The Balaban J connectivity index is 1.88. The lowest BCUT2D eigenvalue weighted by Gasteiger charge is -2.12. The normalized spacial score (nSPS) is 11.2. The van der Waals surface area contributed by atoms with Crippen molar-refractivity contribution in [3.8, 4) is 11.8 Å². The Kier molecular flexibility index (Phi) is 7.32. The molecule has 0 amide bonds. The highest BCUT2D eigenvalue weighted by molar-refractivity contribution is 14.1. The maximum Gasteiger partial charge on any atom is 0.146 e. The van der Waals surface area contributed by atoms with E-state index < -0.39 is 5.82 Å². The van der Waals surface area contributed by atoms with Crippen molar-refractivity contribution in [3.05, 3.63) is 95.3 Å². The van der Waals surface area contributed by atoms with Crippen LogP contribution in [0.15, 0.2) is 60.7 Å². The molecule has 2 nitrogen and oxygen atoms in total. The van der Waals surface area contributed by atoms with Crippen LogP contribution < -0.4 is 4.74 Å². The minimum absolute atomic E-state index is 0.273. The average molecular weight is 616 g/mol. The highest BCUT2D eigenvalue weighted by Gasteiger charge is 2.12. The molecule has 3 aromatic carbocycles. The molecule has 0 aliphatic carbocycles. The van der Waals surface area contributed by atoms with Crippen LogP contribution in [0.1, 0.15) is 16.7 Å². The Bertz CT molecular complexity index is 1070. The minimum atomic E-state index is -0.417. The molecule has 0 saturated carbocycles. The Labute approximate surface area is 195 Å². The standard InChI is InChI=1S/C22H13ClFI2NO/c23-18-7-3-1-5-15(18)13-28-22-20(25)10-14(11-21(22)26)9-16(12-27)17-6-2-4-8-19(17)24/h1-11H,13H2/b16-9-. The highest BCUT2D eigenvalue weighted by atomic mass is 127. The molecule has 3 rings (SSSR count). The van der Waals surface area contributed by atoms with E-state index in [0.29, 0.717) is 11.6 Å². The lowest BCUT2D eigenvalue weighted by Crippen LogP contribution is -2.00. The van der Waals surface area contributed by atoms with Crippen LogP contribution in [0.4, 0.5) is 4.39 Å². The molecule has 0 saturated heterocycles. The van der Waals surface area contributed by atoms with Gasteiger partial charge in [-0.25, -0.2) is 4.39 Å². The van der Waals surface area contributed by atoms with Gasteiger partial charge in [-0.3, -0.25) is 0 Å². The molecule has 0 heterocycles. The van der Waals surface area contributed by atoms with E-state index >= 15 is 0 Å². The topological polar surface area (TPSA) is 33.0 Å². The van der Waals surface area contributed by atoms with Crippen molar-refractivity contribution < 1.29 is 9.13 Å². The first-order chi connectivity index (χ1) is 13.5. The van der Waals surface area contributed by atoms with E-state index in [1.807, 2.05) is 36.4 Å². The predicted octanol–water partition coefficient (Wildman–Crippen LogP) is 7.33. The van der Waals surface area contributed by atoms with Crippen molar-refractivity contribution in [1.82, 2.24) is 0 Å². The number of nitrogens with zero attached hydrogens (tertiary/aromatic N) is 1. The van der Waals surface area contributed by atoms with Gasteiger partial charge < -0.3 is 4.74 Å². The second-order valence-corrected chi connectivity index (χ2v) is 8.58. The first-order valence-electron chi connectivity index (χ1n) is 8.21. The fourth-order valence-electron chi connectivity index (χ4n) is 2.58. The summed E-state index contributed by atoms with van der Waals surface area (Å²) in [6.07, 6.45) is 1.68. The van der Waals surface area contributed by atoms with Gasteiger partial charge in [0, 0.05) is 16.1 Å². The molecule has 6 heteroatoms. The fraction of sp³-hybridized carbons (Fsp3) is 0.0455. The van der Waals surface area contributed by atoms with E-state index in [9.17, 15) is 9.65 Å². The van der Waals surface area contributed by atoms with Crippen molar-refractivity contribution in [2.45, 2.75) is 6.61 Å². The van der Waals surface area contributed by atoms with Gasteiger partial charge in [-0.05, 0) is 81.1 Å². The van der Waals surface area contributed by atoms with Crippen molar-refractivity contribution in [2.75, 3.05) is 0 Å². The molecule has 0 spiro atoms. The van der Waals surface area contributed by atoms with Crippen LogP contribution in [0.3, 0.4) is 0 Å². The van der Waals surface area contributed by atoms with Gasteiger partial charge in [0.2, 0.25) is 0 Å². The monoisotopic (exact) mass is 615 g/mol. The number of ether oxygens (including phenoxy) is 1. The van der Waals surface area contributed by atoms with Gasteiger partial charge >= 0.3 is 0 Å². The Morgan fingerprint density at radius 1 is 1.07 bits per heavy atom. The third-order valence-electron chi connectivity index (χ3n) is 3.95. The summed E-state index contributed by atoms with van der Waals surface area (Å²) in [5, 5.41) is 10.1. The number of hydrogen-bond donors (Lipinski definition) is 0. The Morgan fingerprint density at radius 3 is 2.36 bits per heavy atom. The van der Waals surface area contributed by atoms with Crippen molar-refractivity contribution in [3.63, 3.8) is 0 Å². The van der Waals surface area contributed by atoms with E-state index in [4.69, 9.17) is 16.3 Å². The molecule has 140 valence electrons. The van der Waals surface area contributed by atoms with E-state index in [1.54, 1.807) is 24.3 Å². The zero-order valence-corrected chi connectivity index (χ0v) is 19.5. The van der Waals surface area contributed by atoms with Gasteiger partial charge in [-0.1, -0.05) is 48.0 Å². The van der Waals surface area contributed by atoms with Crippen LogP contribution in [-0.4, -0.2) is 0 Å². The molecule has 3 aromatic rings. The average Bonchev–Trinajstić information content (AvgIpc) is 2.67. The number of benzene rings is 3. The molecule has 0 aliphatic rings. The van der Waals surface area contributed by atoms with Crippen LogP contribution in [0, 0.1) is 24.3 Å². The Hall–Kier alpha value is -1.63. The summed E-state index contributed by atoms with van der Waals surface area (Å²) in [6.45, 7) is 0.361. The number of allylic oxidation sites excluding steroid dienone is 1. The van der Waals surface area contributed by atoms with Crippen LogP contribution in [0.2, 0.25) is 5.02 Å². The second-order valence-electron chi connectivity index (χ2n) is 5.84. The summed E-state index contributed by atoms with van der Waals surface area (Å²) in [7, 11) is 0. The van der Waals surface area contributed by atoms with Crippen LogP contribution >= 0.6 is 56.8 Å². The molecule has 0 atom stereocenters. The quantitative estimate of drug-likeness (QED) is 0.171.